The van der Waals surface area contributed by atoms with Crippen LogP contribution in [0, 0.1) is 6.92 Å². The molecule has 20 heavy (non-hydrogen) atoms. The summed E-state index contributed by atoms with van der Waals surface area (Å²) in [6.07, 6.45) is 0. The van der Waals surface area contributed by atoms with E-state index in [9.17, 15) is 9.59 Å². The molecule has 0 radical (unpaired) electrons. The van der Waals surface area contributed by atoms with Crippen LogP contribution in [-0.4, -0.2) is 31.7 Å². The number of esters is 2. The molecular formula is C14H20N2O4. The van der Waals surface area contributed by atoms with Crippen molar-refractivity contribution in [1.82, 2.24) is 0 Å². The molecule has 0 saturated heterocycles. The van der Waals surface area contributed by atoms with Crippen LogP contribution in [0.1, 0.15) is 29.8 Å². The van der Waals surface area contributed by atoms with E-state index in [1.807, 2.05) is 0 Å². The van der Waals surface area contributed by atoms with Crippen LogP contribution in [0.3, 0.4) is 0 Å². The Balaban J connectivity index is 2.99. The van der Waals surface area contributed by atoms with Gasteiger partial charge < -0.3 is 20.5 Å². The van der Waals surface area contributed by atoms with Crippen molar-refractivity contribution >= 4 is 23.3 Å². The summed E-state index contributed by atoms with van der Waals surface area (Å²) in [5.74, 6) is -0.875. The van der Waals surface area contributed by atoms with Crippen LogP contribution in [0.25, 0.3) is 0 Å². The monoisotopic (exact) mass is 280 g/mol. The number of methoxy groups -OCH3 is 1. The summed E-state index contributed by atoms with van der Waals surface area (Å²) in [6, 6.07) is 2.80. The fourth-order valence-electron chi connectivity index (χ4n) is 1.74. The molecule has 0 aliphatic carbocycles. The maximum Gasteiger partial charge on any atom is 0.340 e. The third-order valence-electron chi connectivity index (χ3n) is 2.82. The van der Waals surface area contributed by atoms with Crippen molar-refractivity contribution in [2.75, 3.05) is 24.8 Å². The van der Waals surface area contributed by atoms with E-state index >= 15 is 0 Å². The van der Waals surface area contributed by atoms with Gasteiger partial charge in [0.15, 0.2) is 0 Å². The lowest BCUT2D eigenvalue weighted by Gasteiger charge is -2.16. The molecule has 6 heteroatoms. The van der Waals surface area contributed by atoms with Gasteiger partial charge in [-0.2, -0.15) is 0 Å². The van der Waals surface area contributed by atoms with E-state index in [1.54, 1.807) is 32.9 Å². The van der Waals surface area contributed by atoms with E-state index in [2.05, 4.69) is 10.1 Å². The average Bonchev–Trinajstić information content (AvgIpc) is 2.41. The summed E-state index contributed by atoms with van der Waals surface area (Å²) in [7, 11) is 1.29. The molecule has 6 nitrogen and oxygen atoms in total. The summed E-state index contributed by atoms with van der Waals surface area (Å²) >= 11 is 0. The van der Waals surface area contributed by atoms with Crippen LogP contribution >= 0.6 is 0 Å². The maximum absolute atomic E-state index is 11.6. The molecule has 0 bridgehead atoms. The summed E-state index contributed by atoms with van der Waals surface area (Å²) in [5.41, 5.74) is 7.82. The molecular weight excluding hydrogens is 260 g/mol. The second-order valence-electron chi connectivity index (χ2n) is 4.36. The molecule has 110 valence electrons. The number of nitrogens with two attached hydrogens (primary N) is 1. The van der Waals surface area contributed by atoms with Gasteiger partial charge in [0, 0.05) is 11.4 Å². The van der Waals surface area contributed by atoms with Gasteiger partial charge >= 0.3 is 11.9 Å². The lowest BCUT2D eigenvalue weighted by molar-refractivity contribution is -0.143. The molecule has 1 rings (SSSR count). The van der Waals surface area contributed by atoms with Crippen molar-refractivity contribution in [2.45, 2.75) is 26.8 Å². The average molecular weight is 280 g/mol. The van der Waals surface area contributed by atoms with Gasteiger partial charge in [-0.3, -0.25) is 0 Å². The predicted molar refractivity (Wildman–Crippen MR) is 76.6 cm³/mol. The van der Waals surface area contributed by atoms with Gasteiger partial charge in [-0.05, 0) is 38.5 Å². The van der Waals surface area contributed by atoms with Gasteiger partial charge in [0.25, 0.3) is 0 Å². The van der Waals surface area contributed by atoms with Crippen molar-refractivity contribution < 1.29 is 19.1 Å². The molecule has 1 atom stereocenters. The van der Waals surface area contributed by atoms with Gasteiger partial charge in [0.05, 0.1) is 19.3 Å². The Kier molecular flexibility index (Phi) is 5.37. The Hall–Kier alpha value is -2.24. The van der Waals surface area contributed by atoms with Crippen molar-refractivity contribution in [2.24, 2.45) is 0 Å². The SMILES string of the molecule is CCOC(=O)C(C)Nc1cc(C)c(N)c(C(=O)OC)c1. The Bertz CT molecular complexity index is 514. The second-order valence-corrected chi connectivity index (χ2v) is 4.36. The standard InChI is InChI=1S/C14H20N2O4/c1-5-20-13(17)9(3)16-10-6-8(2)12(15)11(7-10)14(18)19-4/h6-7,9,16H,5,15H2,1-4H3. The zero-order chi connectivity index (χ0) is 15.3. The van der Waals surface area contributed by atoms with Crippen LogP contribution in [0.4, 0.5) is 11.4 Å². The van der Waals surface area contributed by atoms with Crippen molar-refractivity contribution in [3.05, 3.63) is 23.3 Å². The van der Waals surface area contributed by atoms with E-state index in [-0.39, 0.29) is 11.5 Å². The fraction of sp³-hybridized carbons (Fsp3) is 0.429. The first-order valence-electron chi connectivity index (χ1n) is 6.32. The fourth-order valence-corrected chi connectivity index (χ4v) is 1.74. The molecule has 0 saturated carbocycles. The second kappa shape index (κ2) is 6.79. The van der Waals surface area contributed by atoms with E-state index in [1.165, 1.54) is 7.11 Å². The van der Waals surface area contributed by atoms with Crippen LogP contribution in [0.2, 0.25) is 0 Å². The van der Waals surface area contributed by atoms with Crippen molar-refractivity contribution in [3.8, 4) is 0 Å². The number of rotatable bonds is 5. The minimum absolute atomic E-state index is 0.269. The summed E-state index contributed by atoms with van der Waals surface area (Å²) in [6.45, 7) is 5.52. The van der Waals surface area contributed by atoms with Gasteiger partial charge in [-0.15, -0.1) is 0 Å². The molecule has 1 aromatic carbocycles. The normalized spacial score (nSPS) is 11.6. The number of benzene rings is 1. The van der Waals surface area contributed by atoms with Crippen LogP contribution in [0.15, 0.2) is 12.1 Å². The molecule has 0 aromatic heterocycles. The maximum atomic E-state index is 11.6. The summed E-state index contributed by atoms with van der Waals surface area (Å²) in [4.78, 5) is 23.2. The third-order valence-corrected chi connectivity index (χ3v) is 2.82. The molecule has 1 unspecified atom stereocenters. The third kappa shape index (κ3) is 3.63. The van der Waals surface area contributed by atoms with E-state index in [0.29, 0.717) is 18.0 Å². The van der Waals surface area contributed by atoms with Crippen LogP contribution < -0.4 is 11.1 Å². The molecule has 0 heterocycles. The lowest BCUT2D eigenvalue weighted by atomic mass is 10.1. The number of anilines is 2. The Morgan fingerprint density at radius 1 is 1.40 bits per heavy atom. The smallest absolute Gasteiger partial charge is 0.340 e. The minimum atomic E-state index is -0.525. The highest BCUT2D eigenvalue weighted by Crippen LogP contribution is 2.24. The highest BCUT2D eigenvalue weighted by atomic mass is 16.5. The van der Waals surface area contributed by atoms with Crippen molar-refractivity contribution in [1.29, 1.82) is 0 Å². The first-order valence-corrected chi connectivity index (χ1v) is 6.32. The molecule has 3 N–H and O–H groups in total. The lowest BCUT2D eigenvalue weighted by Crippen LogP contribution is -2.28. The summed E-state index contributed by atoms with van der Waals surface area (Å²) < 4.78 is 9.59. The zero-order valence-electron chi connectivity index (χ0n) is 12.1. The predicted octanol–water partition coefficient (Wildman–Crippen LogP) is 1.73. The topological polar surface area (TPSA) is 90.6 Å². The number of ether oxygens (including phenoxy) is 2. The number of hydrogen-bond acceptors (Lipinski definition) is 6. The van der Waals surface area contributed by atoms with Gasteiger partial charge in [0.2, 0.25) is 0 Å². The molecule has 0 amide bonds. The van der Waals surface area contributed by atoms with E-state index in [0.717, 1.165) is 5.56 Å². The zero-order valence-corrected chi connectivity index (χ0v) is 12.1. The minimum Gasteiger partial charge on any atom is -0.465 e. The van der Waals surface area contributed by atoms with E-state index < -0.39 is 12.0 Å². The first kappa shape index (κ1) is 15.8. The largest absolute Gasteiger partial charge is 0.465 e. The number of nitrogen functional groups attached to an aromatic ring is 1. The quantitative estimate of drug-likeness (QED) is 0.630. The van der Waals surface area contributed by atoms with Crippen molar-refractivity contribution in [3.63, 3.8) is 0 Å². The molecule has 0 fully saturated rings. The number of hydrogen-bond donors (Lipinski definition) is 2. The Morgan fingerprint density at radius 2 is 2.05 bits per heavy atom. The van der Waals surface area contributed by atoms with Crippen LogP contribution in [0.5, 0.6) is 0 Å². The van der Waals surface area contributed by atoms with Crippen LogP contribution in [-0.2, 0) is 14.3 Å². The Morgan fingerprint density at radius 3 is 2.60 bits per heavy atom. The van der Waals surface area contributed by atoms with E-state index in [4.69, 9.17) is 10.5 Å². The Labute approximate surface area is 118 Å². The number of aryl methyl sites for hydroxylation is 1. The van der Waals surface area contributed by atoms with Gasteiger partial charge in [-0.25, -0.2) is 9.59 Å². The van der Waals surface area contributed by atoms with Gasteiger partial charge in [0.1, 0.15) is 6.04 Å². The first-order chi connectivity index (χ1) is 9.40. The highest BCUT2D eigenvalue weighted by molar-refractivity contribution is 5.97. The number of carbonyl (C=O) groups is 2. The molecule has 0 spiro atoms. The summed E-state index contributed by atoms with van der Waals surface area (Å²) in [5, 5.41) is 2.98. The molecule has 1 aromatic rings. The molecule has 0 aliphatic heterocycles. The number of nitrogens with one attached hydrogen (secondary N) is 1. The molecule has 0 aliphatic rings. The highest BCUT2D eigenvalue weighted by Gasteiger charge is 2.17. The number of carbonyl (C=O) groups excluding carboxylic acids is 2. The van der Waals surface area contributed by atoms with Gasteiger partial charge in [-0.1, -0.05) is 0 Å².